The predicted octanol–water partition coefficient (Wildman–Crippen LogP) is 2.44. The fourth-order valence-corrected chi connectivity index (χ4v) is 4.72. The number of halogens is 1. The van der Waals surface area contributed by atoms with E-state index in [2.05, 4.69) is 4.98 Å². The molecule has 1 unspecified atom stereocenters. The van der Waals surface area contributed by atoms with Crippen molar-refractivity contribution >= 4 is 21.6 Å². The molecule has 20 heavy (non-hydrogen) atoms. The second kappa shape index (κ2) is 7.38. The number of alkyl halides is 1. The molecular weight excluding hydrogens is 296 g/mol. The zero-order valence-corrected chi connectivity index (χ0v) is 13.1. The third-order valence-electron chi connectivity index (χ3n) is 3.77. The van der Waals surface area contributed by atoms with Crippen molar-refractivity contribution in [2.24, 2.45) is 0 Å². The predicted molar refractivity (Wildman–Crippen MR) is 81.4 cm³/mol. The molecule has 1 saturated heterocycles. The lowest BCUT2D eigenvalue weighted by Gasteiger charge is -2.34. The highest BCUT2D eigenvalue weighted by Gasteiger charge is 2.31. The molecule has 0 amide bonds. The third kappa shape index (κ3) is 4.17. The lowest BCUT2D eigenvalue weighted by atomic mass is 10.0. The Morgan fingerprint density at radius 3 is 2.75 bits per heavy atom. The van der Waals surface area contributed by atoms with Gasteiger partial charge in [-0.1, -0.05) is 6.42 Å². The number of sulfonamides is 1. The molecule has 1 aromatic heterocycles. The summed E-state index contributed by atoms with van der Waals surface area (Å²) in [6.45, 7) is 0.639. The van der Waals surface area contributed by atoms with Crippen LogP contribution < -0.4 is 0 Å². The minimum atomic E-state index is -3.20. The largest absolute Gasteiger partial charge is 0.265 e. The second-order valence-corrected chi connectivity index (χ2v) is 7.58. The van der Waals surface area contributed by atoms with Crippen LogP contribution in [0.1, 0.15) is 31.2 Å². The van der Waals surface area contributed by atoms with E-state index in [1.807, 2.05) is 12.1 Å². The molecule has 0 aliphatic carbocycles. The van der Waals surface area contributed by atoms with Crippen LogP contribution in [0.25, 0.3) is 0 Å². The van der Waals surface area contributed by atoms with Crippen molar-refractivity contribution < 1.29 is 8.42 Å². The van der Waals surface area contributed by atoms with Gasteiger partial charge in [0.05, 0.1) is 5.75 Å². The van der Waals surface area contributed by atoms with Crippen LogP contribution in [0.3, 0.4) is 0 Å². The smallest absolute Gasteiger partial charge is 0.214 e. The van der Waals surface area contributed by atoms with E-state index >= 15 is 0 Å². The van der Waals surface area contributed by atoms with Gasteiger partial charge in [-0.3, -0.25) is 4.98 Å². The molecule has 0 bridgehead atoms. The van der Waals surface area contributed by atoms with E-state index in [4.69, 9.17) is 11.6 Å². The number of hydrogen-bond acceptors (Lipinski definition) is 3. The molecule has 1 aliphatic rings. The first kappa shape index (κ1) is 15.7. The molecule has 0 spiro atoms. The zero-order valence-electron chi connectivity index (χ0n) is 11.5. The van der Waals surface area contributed by atoms with Gasteiger partial charge in [-0.2, -0.15) is 4.31 Å². The maximum Gasteiger partial charge on any atom is 0.214 e. The molecule has 6 heteroatoms. The molecule has 1 aromatic rings. The number of nitrogens with zero attached hydrogens (tertiary/aromatic N) is 2. The van der Waals surface area contributed by atoms with Gasteiger partial charge in [-0.05, 0) is 43.4 Å². The molecule has 1 atom stereocenters. The molecule has 112 valence electrons. The maximum atomic E-state index is 12.5. The maximum absolute atomic E-state index is 12.5. The Hall–Kier alpha value is -0.650. The topological polar surface area (TPSA) is 50.3 Å². The van der Waals surface area contributed by atoms with Crippen LogP contribution in [-0.2, 0) is 16.4 Å². The van der Waals surface area contributed by atoms with Gasteiger partial charge in [0.15, 0.2) is 0 Å². The van der Waals surface area contributed by atoms with Crippen molar-refractivity contribution in [3.63, 3.8) is 0 Å². The van der Waals surface area contributed by atoms with Crippen molar-refractivity contribution in [2.75, 3.05) is 18.2 Å². The quantitative estimate of drug-likeness (QED) is 0.757. The van der Waals surface area contributed by atoms with Crippen molar-refractivity contribution in [3.8, 4) is 0 Å². The van der Waals surface area contributed by atoms with E-state index in [9.17, 15) is 8.42 Å². The Labute approximate surface area is 126 Å². The molecule has 2 rings (SSSR count). The van der Waals surface area contributed by atoms with Crippen LogP contribution in [-0.4, -0.2) is 41.9 Å². The SMILES string of the molecule is O=S(=O)(CCc1ccncc1)N1CCCCC1CCCl. The highest BCUT2D eigenvalue weighted by atomic mass is 35.5. The van der Waals surface area contributed by atoms with Crippen LogP contribution in [0.2, 0.25) is 0 Å². The van der Waals surface area contributed by atoms with Crippen LogP contribution in [0.4, 0.5) is 0 Å². The van der Waals surface area contributed by atoms with E-state index in [1.54, 1.807) is 16.7 Å². The monoisotopic (exact) mass is 316 g/mol. The lowest BCUT2D eigenvalue weighted by molar-refractivity contribution is 0.247. The molecular formula is C14H21ClN2O2S. The van der Waals surface area contributed by atoms with Gasteiger partial charge >= 0.3 is 0 Å². The van der Waals surface area contributed by atoms with Crippen molar-refractivity contribution in [3.05, 3.63) is 30.1 Å². The van der Waals surface area contributed by atoms with Gasteiger partial charge in [0.25, 0.3) is 0 Å². The average molecular weight is 317 g/mol. The van der Waals surface area contributed by atoms with Crippen LogP contribution in [0, 0.1) is 0 Å². The highest BCUT2D eigenvalue weighted by Crippen LogP contribution is 2.23. The van der Waals surface area contributed by atoms with E-state index in [0.717, 1.165) is 31.2 Å². The van der Waals surface area contributed by atoms with Crippen molar-refractivity contribution in [1.82, 2.24) is 9.29 Å². The Morgan fingerprint density at radius 1 is 1.30 bits per heavy atom. The first-order chi connectivity index (χ1) is 9.63. The molecule has 4 nitrogen and oxygen atoms in total. The van der Waals surface area contributed by atoms with Crippen LogP contribution >= 0.6 is 11.6 Å². The first-order valence-corrected chi connectivity index (χ1v) is 9.22. The Morgan fingerprint density at radius 2 is 2.05 bits per heavy atom. The van der Waals surface area contributed by atoms with Crippen molar-refractivity contribution in [2.45, 2.75) is 38.1 Å². The minimum absolute atomic E-state index is 0.0868. The van der Waals surface area contributed by atoms with Crippen molar-refractivity contribution in [1.29, 1.82) is 0 Å². The summed E-state index contributed by atoms with van der Waals surface area (Å²) in [4.78, 5) is 3.94. The van der Waals surface area contributed by atoms with E-state index in [-0.39, 0.29) is 11.8 Å². The number of aromatic nitrogens is 1. The molecule has 1 aliphatic heterocycles. The zero-order chi connectivity index (χ0) is 14.4. The van der Waals surface area contributed by atoms with Gasteiger partial charge in [0, 0.05) is 30.9 Å². The third-order valence-corrected chi connectivity index (χ3v) is 5.90. The number of aryl methyl sites for hydroxylation is 1. The Balaban J connectivity index is 2.01. The standard InChI is InChI=1S/C14H21ClN2O2S/c15-8-4-14-3-1-2-11-17(14)20(18,19)12-7-13-5-9-16-10-6-13/h5-6,9-10,14H,1-4,7-8,11-12H2. The summed E-state index contributed by atoms with van der Waals surface area (Å²) in [7, 11) is -3.20. The minimum Gasteiger partial charge on any atom is -0.265 e. The number of rotatable bonds is 6. The van der Waals surface area contributed by atoms with Gasteiger partial charge in [0.2, 0.25) is 10.0 Å². The number of hydrogen-bond donors (Lipinski definition) is 0. The molecule has 1 fully saturated rings. The molecule has 2 heterocycles. The summed E-state index contributed by atoms with van der Waals surface area (Å²) < 4.78 is 26.7. The summed E-state index contributed by atoms with van der Waals surface area (Å²) in [6.07, 6.45) is 7.65. The number of piperidine rings is 1. The normalized spacial score (nSPS) is 20.9. The Bertz CT molecular complexity index is 505. The molecule has 0 radical (unpaired) electrons. The van der Waals surface area contributed by atoms with Gasteiger partial charge in [-0.15, -0.1) is 11.6 Å². The lowest BCUT2D eigenvalue weighted by Crippen LogP contribution is -2.45. The number of pyridine rings is 1. The van der Waals surface area contributed by atoms with Gasteiger partial charge in [0.1, 0.15) is 0 Å². The average Bonchev–Trinajstić information content (AvgIpc) is 2.47. The van der Waals surface area contributed by atoms with Gasteiger partial charge in [-0.25, -0.2) is 8.42 Å². The van der Waals surface area contributed by atoms with Crippen LogP contribution in [0.15, 0.2) is 24.5 Å². The first-order valence-electron chi connectivity index (χ1n) is 7.08. The fourth-order valence-electron chi connectivity index (χ4n) is 2.67. The molecule has 0 N–H and O–H groups in total. The summed E-state index contributed by atoms with van der Waals surface area (Å²) in [5.74, 6) is 0.677. The summed E-state index contributed by atoms with van der Waals surface area (Å²) in [6, 6.07) is 3.81. The second-order valence-electron chi connectivity index (χ2n) is 5.16. The van der Waals surface area contributed by atoms with E-state index in [1.165, 1.54) is 0 Å². The van der Waals surface area contributed by atoms with Crippen LogP contribution in [0.5, 0.6) is 0 Å². The molecule has 0 aromatic carbocycles. The summed E-state index contributed by atoms with van der Waals surface area (Å²) in [5.41, 5.74) is 1.01. The van der Waals surface area contributed by atoms with Gasteiger partial charge < -0.3 is 0 Å². The van der Waals surface area contributed by atoms with E-state index < -0.39 is 10.0 Å². The summed E-state index contributed by atoms with van der Waals surface area (Å²) >= 11 is 5.79. The molecule has 0 saturated carbocycles. The highest BCUT2D eigenvalue weighted by molar-refractivity contribution is 7.89. The van der Waals surface area contributed by atoms with E-state index in [0.29, 0.717) is 18.8 Å². The Kier molecular flexibility index (Phi) is 5.81. The summed E-state index contributed by atoms with van der Waals surface area (Å²) in [5, 5.41) is 0. The fraction of sp³-hybridized carbons (Fsp3) is 0.643.